The Balaban J connectivity index is 2.16. The molecule has 1 amide bonds. The summed E-state index contributed by atoms with van der Waals surface area (Å²) in [4.78, 5) is 15.6. The summed E-state index contributed by atoms with van der Waals surface area (Å²) in [6.45, 7) is 1.39. The van der Waals surface area contributed by atoms with Crippen molar-refractivity contribution in [2.24, 2.45) is 4.99 Å². The molecule has 2 aliphatic heterocycles. The van der Waals surface area contributed by atoms with E-state index in [2.05, 4.69) is 4.99 Å². The van der Waals surface area contributed by atoms with Crippen LogP contribution in [0.2, 0.25) is 0 Å². The molecule has 0 aromatic carbocycles. The smallest absolute Gasteiger partial charge is 0.413 e. The van der Waals surface area contributed by atoms with Gasteiger partial charge in [0, 0.05) is 7.05 Å². The van der Waals surface area contributed by atoms with Crippen molar-refractivity contribution in [2.45, 2.75) is 42.9 Å². The van der Waals surface area contributed by atoms with Crippen LogP contribution < -0.4 is 0 Å². The Bertz CT molecular complexity index is 407. The molecule has 108 valence electrons. The predicted molar refractivity (Wildman–Crippen MR) is 65.8 cm³/mol. The molecule has 7 nitrogen and oxygen atoms in total. The number of aliphatic hydroxyl groups is 2. The van der Waals surface area contributed by atoms with Gasteiger partial charge in [0.25, 0.3) is 0 Å². The minimum absolute atomic E-state index is 0.114. The lowest BCUT2D eigenvalue weighted by Crippen LogP contribution is -2.56. The van der Waals surface area contributed by atoms with E-state index in [1.54, 1.807) is 0 Å². The standard InChI is InChI=1S/C10H15FN2O5S/c1-3(14)7-6(15)4(11)5-8(18-7)19-9(12-5)13(2)10(16)17/h3-8,14-15H,1-2H3,(H,16,17)/t3-,4+,5+,6-,7+,8+/m0/s1. The number of aliphatic hydroxyl groups excluding tert-OH is 2. The average molecular weight is 294 g/mol. The number of fused-ring (bicyclic) bond motifs is 1. The molecule has 1 saturated heterocycles. The van der Waals surface area contributed by atoms with Crippen LogP contribution in [-0.4, -0.2) is 74.5 Å². The molecule has 0 saturated carbocycles. The molecule has 2 heterocycles. The highest BCUT2D eigenvalue weighted by atomic mass is 32.2. The Kier molecular flexibility index (Phi) is 4.00. The summed E-state index contributed by atoms with van der Waals surface area (Å²) in [5.41, 5.74) is -0.741. The quantitative estimate of drug-likeness (QED) is 0.623. The third-order valence-electron chi connectivity index (χ3n) is 3.09. The van der Waals surface area contributed by atoms with Gasteiger partial charge in [0.15, 0.2) is 11.3 Å². The number of hydrogen-bond donors (Lipinski definition) is 3. The van der Waals surface area contributed by atoms with E-state index < -0.39 is 42.1 Å². The van der Waals surface area contributed by atoms with Crippen LogP contribution >= 0.6 is 11.8 Å². The molecule has 0 aromatic heterocycles. The van der Waals surface area contributed by atoms with E-state index in [0.717, 1.165) is 16.7 Å². The molecule has 19 heavy (non-hydrogen) atoms. The summed E-state index contributed by atoms with van der Waals surface area (Å²) in [6, 6.07) is -0.966. The van der Waals surface area contributed by atoms with Crippen molar-refractivity contribution in [3.8, 4) is 0 Å². The fraction of sp³-hybridized carbons (Fsp3) is 0.800. The number of hydrogen-bond acceptors (Lipinski definition) is 6. The molecule has 0 aliphatic carbocycles. The molecule has 6 atom stereocenters. The summed E-state index contributed by atoms with van der Waals surface area (Å²) in [5, 5.41) is 28.1. The molecule has 3 N–H and O–H groups in total. The van der Waals surface area contributed by atoms with Gasteiger partial charge in [-0.3, -0.25) is 9.89 Å². The predicted octanol–water partition coefficient (Wildman–Crippen LogP) is -0.128. The summed E-state index contributed by atoms with van der Waals surface area (Å²) >= 11 is 0.969. The van der Waals surface area contributed by atoms with Crippen LogP contribution in [0.3, 0.4) is 0 Å². The molecule has 0 spiro atoms. The zero-order valence-electron chi connectivity index (χ0n) is 10.3. The van der Waals surface area contributed by atoms with Gasteiger partial charge in [0.2, 0.25) is 0 Å². The molecule has 0 aromatic rings. The van der Waals surface area contributed by atoms with E-state index in [0.29, 0.717) is 0 Å². The van der Waals surface area contributed by atoms with Crippen LogP contribution in [-0.2, 0) is 4.74 Å². The number of carbonyl (C=O) groups is 1. The number of rotatable bonds is 1. The third kappa shape index (κ3) is 2.55. The van der Waals surface area contributed by atoms with E-state index in [1.165, 1.54) is 14.0 Å². The first-order valence-corrected chi connectivity index (χ1v) is 6.57. The number of nitrogens with zero attached hydrogens (tertiary/aromatic N) is 2. The number of alkyl halides is 1. The second-order valence-corrected chi connectivity index (χ2v) is 5.57. The Morgan fingerprint density at radius 2 is 2.26 bits per heavy atom. The third-order valence-corrected chi connectivity index (χ3v) is 4.30. The zero-order valence-corrected chi connectivity index (χ0v) is 11.1. The van der Waals surface area contributed by atoms with Crippen molar-refractivity contribution in [1.29, 1.82) is 0 Å². The number of aliphatic imine (C=N–C) groups is 1. The number of amides is 1. The van der Waals surface area contributed by atoms with E-state index in [4.69, 9.17) is 9.84 Å². The first-order valence-electron chi connectivity index (χ1n) is 5.69. The Morgan fingerprint density at radius 1 is 1.63 bits per heavy atom. The second kappa shape index (κ2) is 5.23. The lowest BCUT2D eigenvalue weighted by molar-refractivity contribution is -0.165. The van der Waals surface area contributed by atoms with E-state index in [-0.39, 0.29) is 5.17 Å². The van der Waals surface area contributed by atoms with Crippen LogP contribution in [0.1, 0.15) is 6.92 Å². The molecule has 2 aliphatic rings. The monoisotopic (exact) mass is 294 g/mol. The minimum atomic E-state index is -1.70. The van der Waals surface area contributed by atoms with Crippen molar-refractivity contribution < 1.29 is 29.2 Å². The lowest BCUT2D eigenvalue weighted by atomic mass is 9.97. The molecule has 0 radical (unpaired) electrons. The zero-order chi connectivity index (χ0) is 14.3. The molecular formula is C10H15FN2O5S. The normalized spacial score (nSPS) is 39.4. The molecule has 9 heteroatoms. The van der Waals surface area contributed by atoms with Crippen molar-refractivity contribution in [2.75, 3.05) is 7.05 Å². The highest BCUT2D eigenvalue weighted by molar-refractivity contribution is 8.14. The fourth-order valence-electron chi connectivity index (χ4n) is 1.99. The minimum Gasteiger partial charge on any atom is -0.465 e. The Morgan fingerprint density at radius 3 is 2.79 bits per heavy atom. The van der Waals surface area contributed by atoms with Crippen LogP contribution in [0.25, 0.3) is 0 Å². The van der Waals surface area contributed by atoms with E-state index >= 15 is 0 Å². The molecular weight excluding hydrogens is 279 g/mol. The summed E-state index contributed by atoms with van der Waals surface area (Å²) in [6.07, 6.45) is -6.48. The van der Waals surface area contributed by atoms with Crippen LogP contribution in [0.15, 0.2) is 4.99 Å². The van der Waals surface area contributed by atoms with Crippen LogP contribution in [0.4, 0.5) is 9.18 Å². The number of carboxylic acid groups (broad SMARTS) is 1. The second-order valence-electron chi connectivity index (χ2n) is 4.51. The highest BCUT2D eigenvalue weighted by Crippen LogP contribution is 2.39. The summed E-state index contributed by atoms with van der Waals surface area (Å²) < 4.78 is 19.5. The van der Waals surface area contributed by atoms with Gasteiger partial charge in [-0.2, -0.15) is 0 Å². The molecule has 0 bridgehead atoms. The topological polar surface area (TPSA) is 103 Å². The summed E-state index contributed by atoms with van der Waals surface area (Å²) in [7, 11) is 1.29. The molecule has 0 unspecified atom stereocenters. The first kappa shape index (κ1) is 14.5. The fourth-order valence-corrected chi connectivity index (χ4v) is 3.15. The van der Waals surface area contributed by atoms with Crippen LogP contribution in [0.5, 0.6) is 0 Å². The summed E-state index contributed by atoms with van der Waals surface area (Å²) in [5.74, 6) is 0. The maximum Gasteiger partial charge on any atom is 0.413 e. The van der Waals surface area contributed by atoms with Gasteiger partial charge >= 0.3 is 6.09 Å². The van der Waals surface area contributed by atoms with Gasteiger partial charge in [-0.1, -0.05) is 11.8 Å². The van der Waals surface area contributed by atoms with E-state index in [9.17, 15) is 19.4 Å². The lowest BCUT2D eigenvalue weighted by Gasteiger charge is -2.38. The van der Waals surface area contributed by atoms with E-state index in [1.807, 2.05) is 0 Å². The molecule has 2 rings (SSSR count). The van der Waals surface area contributed by atoms with Crippen LogP contribution in [0, 0.1) is 0 Å². The van der Waals surface area contributed by atoms with Crippen molar-refractivity contribution in [3.63, 3.8) is 0 Å². The van der Waals surface area contributed by atoms with Gasteiger partial charge in [-0.05, 0) is 6.92 Å². The number of ether oxygens (including phenoxy) is 1. The Labute approximate surface area is 113 Å². The van der Waals surface area contributed by atoms with Gasteiger partial charge < -0.3 is 20.1 Å². The maximum absolute atomic E-state index is 14.1. The van der Waals surface area contributed by atoms with Gasteiger partial charge in [0.05, 0.1) is 6.10 Å². The van der Waals surface area contributed by atoms with Crippen molar-refractivity contribution >= 4 is 23.0 Å². The van der Waals surface area contributed by atoms with Crippen molar-refractivity contribution in [1.82, 2.24) is 4.90 Å². The van der Waals surface area contributed by atoms with Gasteiger partial charge in [-0.25, -0.2) is 9.18 Å². The highest BCUT2D eigenvalue weighted by Gasteiger charge is 2.51. The molecule has 1 fully saturated rings. The average Bonchev–Trinajstić information content (AvgIpc) is 2.76. The number of thioether (sulfide) groups is 1. The van der Waals surface area contributed by atoms with Gasteiger partial charge in [0.1, 0.15) is 23.7 Å². The maximum atomic E-state index is 14.1. The first-order chi connectivity index (χ1) is 8.82. The van der Waals surface area contributed by atoms with Gasteiger partial charge in [-0.15, -0.1) is 0 Å². The van der Waals surface area contributed by atoms with Crippen molar-refractivity contribution in [3.05, 3.63) is 0 Å². The SMILES string of the molecule is C[C@H](O)[C@H]1O[C@@H]2SC(N(C)C(=O)O)=N[C@@H]2[C@@H](F)[C@@H]1O. The number of amidine groups is 1. The Hall–Kier alpha value is -0.900. The largest absolute Gasteiger partial charge is 0.465 e. The number of halogens is 1.